The van der Waals surface area contributed by atoms with E-state index in [1.165, 1.54) is 12.1 Å². The molecule has 1 unspecified atom stereocenters. The van der Waals surface area contributed by atoms with Gasteiger partial charge >= 0.3 is 6.18 Å². The van der Waals surface area contributed by atoms with E-state index < -0.39 is 17.7 Å². The fourth-order valence-electron chi connectivity index (χ4n) is 4.10. The molecule has 2 aromatic carbocycles. The molecule has 0 saturated heterocycles. The number of rotatable bonds is 4. The van der Waals surface area contributed by atoms with Crippen LogP contribution < -0.4 is 5.32 Å². The van der Waals surface area contributed by atoms with Crippen molar-refractivity contribution in [3.8, 4) is 11.3 Å². The Morgan fingerprint density at radius 1 is 1.09 bits per heavy atom. The predicted octanol–water partition coefficient (Wildman–Crippen LogP) is 5.93. The smallest absolute Gasteiger partial charge is 0.416 e. The maximum absolute atomic E-state index is 13.6. The molecule has 0 aliphatic carbocycles. The summed E-state index contributed by atoms with van der Waals surface area (Å²) >= 11 is 0. The van der Waals surface area contributed by atoms with E-state index in [-0.39, 0.29) is 5.56 Å². The zero-order chi connectivity index (χ0) is 22.3. The van der Waals surface area contributed by atoms with Gasteiger partial charge in [0.25, 0.3) is 0 Å². The molecule has 0 amide bonds. The Bertz CT molecular complexity index is 1240. The van der Waals surface area contributed by atoms with Crippen LogP contribution >= 0.6 is 0 Å². The van der Waals surface area contributed by atoms with Crippen molar-refractivity contribution in [3.63, 3.8) is 0 Å². The first-order chi connectivity index (χ1) is 15.4. The Morgan fingerprint density at radius 3 is 2.59 bits per heavy atom. The molecule has 3 heterocycles. The van der Waals surface area contributed by atoms with Gasteiger partial charge < -0.3 is 9.73 Å². The molecule has 164 valence electrons. The Balaban J connectivity index is 1.41. The number of halogens is 3. The Labute approximate surface area is 182 Å². The molecule has 1 aliphatic heterocycles. The molecule has 9 heteroatoms. The van der Waals surface area contributed by atoms with Crippen LogP contribution in [0.5, 0.6) is 0 Å². The number of aromatic nitrogens is 4. The third-order valence-electron chi connectivity index (χ3n) is 5.56. The zero-order valence-corrected chi connectivity index (χ0v) is 17.2. The van der Waals surface area contributed by atoms with Gasteiger partial charge in [-0.25, -0.2) is 9.67 Å². The molecule has 0 saturated carbocycles. The van der Waals surface area contributed by atoms with Crippen LogP contribution in [-0.4, -0.2) is 19.7 Å². The summed E-state index contributed by atoms with van der Waals surface area (Å²) in [6.45, 7) is 2.41. The summed E-state index contributed by atoms with van der Waals surface area (Å²) in [5.74, 6) is 1.72. The minimum absolute atomic E-state index is 0.242. The average molecular weight is 439 g/mol. The number of nitrogens with one attached hydrogen (secondary N) is 1. The summed E-state index contributed by atoms with van der Waals surface area (Å²) in [5, 5.41) is 7.63. The van der Waals surface area contributed by atoms with Gasteiger partial charge in [0, 0.05) is 30.6 Å². The SMILES string of the molecule is Cc1ncc(-c2ccc(Nc3nc4n(n3)CCCC4c3ccccc3C(F)(F)F)cc2)o1. The van der Waals surface area contributed by atoms with E-state index in [2.05, 4.69) is 20.4 Å². The molecule has 1 aliphatic rings. The van der Waals surface area contributed by atoms with Gasteiger partial charge in [0.15, 0.2) is 11.7 Å². The second kappa shape index (κ2) is 7.81. The zero-order valence-electron chi connectivity index (χ0n) is 17.2. The van der Waals surface area contributed by atoms with E-state index in [1.807, 2.05) is 24.3 Å². The monoisotopic (exact) mass is 439 g/mol. The third kappa shape index (κ3) is 3.86. The van der Waals surface area contributed by atoms with Crippen molar-refractivity contribution in [3.05, 3.63) is 77.6 Å². The quantitative estimate of drug-likeness (QED) is 0.427. The van der Waals surface area contributed by atoms with Crippen molar-refractivity contribution in [2.75, 3.05) is 5.32 Å². The van der Waals surface area contributed by atoms with Gasteiger partial charge in [-0.05, 0) is 48.7 Å². The molecule has 1 N–H and O–H groups in total. The van der Waals surface area contributed by atoms with Gasteiger partial charge in [-0.15, -0.1) is 5.10 Å². The van der Waals surface area contributed by atoms with E-state index in [9.17, 15) is 13.2 Å². The summed E-state index contributed by atoms with van der Waals surface area (Å²) in [4.78, 5) is 8.65. The molecule has 0 fully saturated rings. The molecule has 4 aromatic rings. The van der Waals surface area contributed by atoms with Crippen molar-refractivity contribution < 1.29 is 17.6 Å². The largest absolute Gasteiger partial charge is 0.441 e. The van der Waals surface area contributed by atoms with Gasteiger partial charge in [0.1, 0.15) is 5.82 Å². The highest BCUT2D eigenvalue weighted by atomic mass is 19.4. The van der Waals surface area contributed by atoms with Crippen LogP contribution in [0.1, 0.15) is 41.6 Å². The summed E-state index contributed by atoms with van der Waals surface area (Å²) in [5.41, 5.74) is 1.28. The normalized spacial score (nSPS) is 16.1. The molecule has 0 radical (unpaired) electrons. The summed E-state index contributed by atoms with van der Waals surface area (Å²) in [7, 11) is 0. The Morgan fingerprint density at radius 2 is 1.88 bits per heavy atom. The molecule has 6 nitrogen and oxygen atoms in total. The first-order valence-corrected chi connectivity index (χ1v) is 10.3. The van der Waals surface area contributed by atoms with Gasteiger partial charge in [0.05, 0.1) is 11.8 Å². The lowest BCUT2D eigenvalue weighted by Crippen LogP contribution is -2.21. The summed E-state index contributed by atoms with van der Waals surface area (Å²) < 4.78 is 47.9. The number of hydrogen-bond donors (Lipinski definition) is 1. The number of fused-ring (bicyclic) bond motifs is 1. The van der Waals surface area contributed by atoms with Crippen LogP contribution in [0.3, 0.4) is 0 Å². The number of anilines is 2. The topological polar surface area (TPSA) is 68.8 Å². The predicted molar refractivity (Wildman–Crippen MR) is 113 cm³/mol. The lowest BCUT2D eigenvalue weighted by atomic mass is 9.88. The molecule has 0 bridgehead atoms. The Kier molecular flexibility index (Phi) is 4.96. The van der Waals surface area contributed by atoms with Crippen molar-refractivity contribution in [1.29, 1.82) is 0 Å². The van der Waals surface area contributed by atoms with Crippen LogP contribution in [0.4, 0.5) is 24.8 Å². The van der Waals surface area contributed by atoms with Gasteiger partial charge in [-0.3, -0.25) is 0 Å². The van der Waals surface area contributed by atoms with Crippen LogP contribution in [0.2, 0.25) is 0 Å². The number of aryl methyl sites for hydroxylation is 2. The number of alkyl halides is 3. The molecule has 0 spiro atoms. The molecule has 5 rings (SSSR count). The van der Waals surface area contributed by atoms with E-state index in [4.69, 9.17) is 4.42 Å². The van der Waals surface area contributed by atoms with Crippen LogP contribution in [0.15, 0.2) is 59.1 Å². The second-order valence-electron chi connectivity index (χ2n) is 7.74. The number of oxazole rings is 1. The van der Waals surface area contributed by atoms with Crippen molar-refractivity contribution in [2.45, 2.75) is 38.4 Å². The third-order valence-corrected chi connectivity index (χ3v) is 5.56. The fourth-order valence-corrected chi connectivity index (χ4v) is 4.10. The van der Waals surface area contributed by atoms with Crippen molar-refractivity contribution >= 4 is 11.6 Å². The summed E-state index contributed by atoms with van der Waals surface area (Å²) in [6, 6.07) is 13.2. The fraction of sp³-hybridized carbons (Fsp3) is 0.261. The molecule has 32 heavy (non-hydrogen) atoms. The minimum Gasteiger partial charge on any atom is -0.441 e. The molecule has 1 atom stereocenters. The maximum Gasteiger partial charge on any atom is 0.416 e. The first-order valence-electron chi connectivity index (χ1n) is 10.3. The van der Waals surface area contributed by atoms with Crippen LogP contribution in [-0.2, 0) is 12.7 Å². The Hall–Kier alpha value is -3.62. The number of nitrogens with zero attached hydrogens (tertiary/aromatic N) is 4. The van der Waals surface area contributed by atoms with Crippen LogP contribution in [0.25, 0.3) is 11.3 Å². The highest BCUT2D eigenvalue weighted by molar-refractivity contribution is 5.63. The number of hydrogen-bond acceptors (Lipinski definition) is 5. The van der Waals surface area contributed by atoms with Crippen molar-refractivity contribution in [2.24, 2.45) is 0 Å². The maximum atomic E-state index is 13.6. The molecular formula is C23H20F3N5O. The highest BCUT2D eigenvalue weighted by Gasteiger charge is 2.37. The summed E-state index contributed by atoms with van der Waals surface area (Å²) in [6.07, 6.45) is -1.42. The lowest BCUT2D eigenvalue weighted by Gasteiger charge is -2.25. The minimum atomic E-state index is -4.41. The first kappa shape index (κ1) is 20.3. The molecule has 2 aromatic heterocycles. The highest BCUT2D eigenvalue weighted by Crippen LogP contribution is 2.40. The standard InChI is InChI=1S/C23H20F3N5O/c1-14-27-13-20(32-14)15-8-10-16(11-9-15)28-22-29-21-18(6-4-12-31(21)30-22)17-5-2-3-7-19(17)23(24,25)26/h2-3,5,7-11,13,18H,4,6,12H2,1H3,(H,28,30). The van der Waals surface area contributed by atoms with Crippen molar-refractivity contribution in [1.82, 2.24) is 19.7 Å². The second-order valence-corrected chi connectivity index (χ2v) is 7.74. The van der Waals surface area contributed by atoms with Crippen LogP contribution in [0, 0.1) is 6.92 Å². The number of benzene rings is 2. The van der Waals surface area contributed by atoms with Gasteiger partial charge in [-0.2, -0.15) is 18.2 Å². The van der Waals surface area contributed by atoms with E-state index in [1.54, 1.807) is 23.9 Å². The van der Waals surface area contributed by atoms with Gasteiger partial charge in [-0.1, -0.05) is 18.2 Å². The van der Waals surface area contributed by atoms with E-state index in [0.717, 1.165) is 23.7 Å². The van der Waals surface area contributed by atoms with E-state index in [0.29, 0.717) is 36.4 Å². The average Bonchev–Trinajstić information content (AvgIpc) is 3.39. The van der Waals surface area contributed by atoms with Gasteiger partial charge in [0.2, 0.25) is 5.95 Å². The van der Waals surface area contributed by atoms with E-state index >= 15 is 0 Å². The lowest BCUT2D eigenvalue weighted by molar-refractivity contribution is -0.138. The molecular weight excluding hydrogens is 419 g/mol.